The molecule has 0 bridgehead atoms. The zero-order valence-electron chi connectivity index (χ0n) is 13.4. The zero-order valence-corrected chi connectivity index (χ0v) is 13.4. The molecule has 0 spiro atoms. The molecule has 0 aliphatic carbocycles. The first-order valence-corrected chi connectivity index (χ1v) is 7.81. The van der Waals surface area contributed by atoms with Crippen molar-refractivity contribution in [2.75, 3.05) is 13.3 Å². The maximum atomic E-state index is 13.6. The molecule has 2 rings (SSSR count). The van der Waals surface area contributed by atoms with Crippen LogP contribution < -0.4 is 15.4 Å². The third-order valence-corrected chi connectivity index (χ3v) is 3.71. The fourth-order valence-electron chi connectivity index (χ4n) is 2.52. The highest BCUT2D eigenvalue weighted by Crippen LogP contribution is 2.29. The van der Waals surface area contributed by atoms with Crippen LogP contribution in [0.5, 0.6) is 5.75 Å². The van der Waals surface area contributed by atoms with E-state index in [9.17, 15) is 9.18 Å². The summed E-state index contributed by atoms with van der Waals surface area (Å²) in [6.07, 6.45) is 3.85. The Morgan fingerprint density at radius 3 is 3.09 bits per heavy atom. The van der Waals surface area contributed by atoms with Gasteiger partial charge in [0, 0.05) is 18.2 Å². The molecule has 1 aliphatic heterocycles. The maximum Gasteiger partial charge on any atom is 0.315 e. The van der Waals surface area contributed by atoms with Crippen LogP contribution >= 0.6 is 0 Å². The summed E-state index contributed by atoms with van der Waals surface area (Å²) in [5.74, 6) is 0.340. The Bertz CT molecular complexity index is 563. The predicted molar refractivity (Wildman–Crippen MR) is 85.8 cm³/mol. The van der Waals surface area contributed by atoms with Crippen molar-refractivity contribution in [2.45, 2.75) is 38.8 Å². The maximum absolute atomic E-state index is 13.6. The number of hydrogen-bond donors (Lipinski definition) is 2. The summed E-state index contributed by atoms with van der Waals surface area (Å²) in [5.41, 5.74) is 1.44. The van der Waals surface area contributed by atoms with Crippen molar-refractivity contribution in [1.82, 2.24) is 10.6 Å². The largest absolute Gasteiger partial charge is 0.467 e. The van der Waals surface area contributed by atoms with E-state index in [0.29, 0.717) is 30.9 Å². The summed E-state index contributed by atoms with van der Waals surface area (Å²) in [4.78, 5) is 11.9. The van der Waals surface area contributed by atoms with Crippen LogP contribution in [0, 0.1) is 5.82 Å². The number of carbonyl (C=O) groups excluding carboxylic acids is 1. The second kappa shape index (κ2) is 8.53. The molecule has 126 valence electrons. The number of halogens is 1. The molecule has 1 heterocycles. The van der Waals surface area contributed by atoms with Gasteiger partial charge < -0.3 is 20.1 Å². The van der Waals surface area contributed by atoms with Crippen LogP contribution in [0.4, 0.5) is 9.18 Å². The standard InChI is InChI=1S/C17H23FN2O3/c1-3-5-15(4-2)20-17(21)19-7-6-12-8-14(18)9-13-10-22-11-23-16(12)13/h3,8-9,15H,1,4-7,10-11H2,2H3,(H2,19,20,21)/t15-/m0/s1. The van der Waals surface area contributed by atoms with Gasteiger partial charge in [0.2, 0.25) is 0 Å². The van der Waals surface area contributed by atoms with Gasteiger partial charge in [-0.05, 0) is 37.0 Å². The lowest BCUT2D eigenvalue weighted by atomic mass is 10.1. The molecule has 1 atom stereocenters. The molecule has 1 aromatic rings. The number of benzene rings is 1. The predicted octanol–water partition coefficient (Wildman–Crippen LogP) is 2.89. The van der Waals surface area contributed by atoms with Crippen molar-refractivity contribution in [3.63, 3.8) is 0 Å². The molecule has 5 nitrogen and oxygen atoms in total. The van der Waals surface area contributed by atoms with Crippen LogP contribution in [-0.4, -0.2) is 25.4 Å². The van der Waals surface area contributed by atoms with Crippen LogP contribution in [0.3, 0.4) is 0 Å². The van der Waals surface area contributed by atoms with Gasteiger partial charge in [0.15, 0.2) is 6.79 Å². The van der Waals surface area contributed by atoms with Gasteiger partial charge in [0.25, 0.3) is 0 Å². The lowest BCUT2D eigenvalue weighted by Gasteiger charge is -2.21. The van der Waals surface area contributed by atoms with E-state index in [1.165, 1.54) is 12.1 Å². The molecule has 2 amide bonds. The van der Waals surface area contributed by atoms with Gasteiger partial charge in [-0.1, -0.05) is 13.0 Å². The topological polar surface area (TPSA) is 59.6 Å². The first kappa shape index (κ1) is 17.3. The summed E-state index contributed by atoms with van der Waals surface area (Å²) in [7, 11) is 0. The monoisotopic (exact) mass is 322 g/mol. The molecule has 2 N–H and O–H groups in total. The molecular formula is C17H23FN2O3. The van der Waals surface area contributed by atoms with E-state index in [0.717, 1.165) is 18.4 Å². The van der Waals surface area contributed by atoms with Gasteiger partial charge in [0.05, 0.1) is 6.61 Å². The summed E-state index contributed by atoms with van der Waals surface area (Å²) in [6.45, 7) is 6.59. The summed E-state index contributed by atoms with van der Waals surface area (Å²) < 4.78 is 24.2. The molecule has 0 aromatic heterocycles. The highest BCUT2D eigenvalue weighted by atomic mass is 19.1. The Morgan fingerprint density at radius 1 is 1.52 bits per heavy atom. The summed E-state index contributed by atoms with van der Waals surface area (Å²) in [6, 6.07) is 2.71. The highest BCUT2D eigenvalue weighted by molar-refractivity contribution is 5.74. The number of fused-ring (bicyclic) bond motifs is 1. The van der Waals surface area contributed by atoms with E-state index >= 15 is 0 Å². The van der Waals surface area contributed by atoms with Gasteiger partial charge in [-0.15, -0.1) is 6.58 Å². The summed E-state index contributed by atoms with van der Waals surface area (Å²) >= 11 is 0. The molecule has 0 radical (unpaired) electrons. The van der Waals surface area contributed by atoms with Gasteiger partial charge in [-0.3, -0.25) is 0 Å². The van der Waals surface area contributed by atoms with Crippen LogP contribution in [-0.2, 0) is 17.8 Å². The van der Waals surface area contributed by atoms with Crippen molar-refractivity contribution >= 4 is 6.03 Å². The third-order valence-electron chi connectivity index (χ3n) is 3.71. The number of carbonyl (C=O) groups is 1. The first-order chi connectivity index (χ1) is 11.1. The number of rotatable bonds is 7. The fraction of sp³-hybridized carbons (Fsp3) is 0.471. The highest BCUT2D eigenvalue weighted by Gasteiger charge is 2.17. The molecule has 0 unspecified atom stereocenters. The van der Waals surface area contributed by atoms with Crippen molar-refractivity contribution in [3.8, 4) is 5.75 Å². The lowest BCUT2D eigenvalue weighted by Crippen LogP contribution is -2.42. The lowest BCUT2D eigenvalue weighted by molar-refractivity contribution is -0.0172. The number of hydrogen-bond acceptors (Lipinski definition) is 3. The average Bonchev–Trinajstić information content (AvgIpc) is 2.54. The molecule has 1 aliphatic rings. The van der Waals surface area contributed by atoms with Crippen molar-refractivity contribution in [3.05, 3.63) is 41.7 Å². The average molecular weight is 322 g/mol. The Hall–Kier alpha value is -2.08. The van der Waals surface area contributed by atoms with E-state index in [2.05, 4.69) is 17.2 Å². The van der Waals surface area contributed by atoms with E-state index in [-0.39, 0.29) is 24.7 Å². The van der Waals surface area contributed by atoms with E-state index in [1.807, 2.05) is 6.92 Å². The Labute approximate surface area is 135 Å². The van der Waals surface area contributed by atoms with Crippen LogP contribution in [0.2, 0.25) is 0 Å². The normalized spacial score (nSPS) is 14.3. The second-order valence-electron chi connectivity index (χ2n) is 5.44. The molecule has 1 aromatic carbocycles. The minimum absolute atomic E-state index is 0.0786. The molecule has 6 heteroatoms. The molecule has 0 saturated carbocycles. The minimum Gasteiger partial charge on any atom is -0.467 e. The van der Waals surface area contributed by atoms with Gasteiger partial charge in [-0.25, -0.2) is 9.18 Å². The van der Waals surface area contributed by atoms with E-state index in [4.69, 9.17) is 9.47 Å². The Morgan fingerprint density at radius 2 is 2.35 bits per heavy atom. The van der Waals surface area contributed by atoms with Crippen LogP contribution in [0.25, 0.3) is 0 Å². The summed E-state index contributed by atoms with van der Waals surface area (Å²) in [5, 5.41) is 5.67. The second-order valence-corrected chi connectivity index (χ2v) is 5.44. The van der Waals surface area contributed by atoms with Gasteiger partial charge in [0.1, 0.15) is 11.6 Å². The number of urea groups is 1. The van der Waals surface area contributed by atoms with Gasteiger partial charge in [-0.2, -0.15) is 0 Å². The molecule has 0 saturated heterocycles. The molecule has 23 heavy (non-hydrogen) atoms. The van der Waals surface area contributed by atoms with Crippen molar-refractivity contribution in [1.29, 1.82) is 0 Å². The SMILES string of the molecule is C=CC[C@H](CC)NC(=O)NCCc1cc(F)cc2c1OCOC2. The van der Waals surface area contributed by atoms with Crippen LogP contribution in [0.15, 0.2) is 24.8 Å². The smallest absolute Gasteiger partial charge is 0.315 e. The van der Waals surface area contributed by atoms with Crippen molar-refractivity contribution in [2.24, 2.45) is 0 Å². The Balaban J connectivity index is 1.88. The zero-order chi connectivity index (χ0) is 16.7. The van der Waals surface area contributed by atoms with Gasteiger partial charge >= 0.3 is 6.03 Å². The fourth-order valence-corrected chi connectivity index (χ4v) is 2.52. The van der Waals surface area contributed by atoms with E-state index in [1.54, 1.807) is 6.08 Å². The van der Waals surface area contributed by atoms with E-state index < -0.39 is 0 Å². The number of amides is 2. The molecular weight excluding hydrogens is 299 g/mol. The number of nitrogens with one attached hydrogen (secondary N) is 2. The quantitative estimate of drug-likeness (QED) is 0.759. The minimum atomic E-state index is -0.325. The van der Waals surface area contributed by atoms with Crippen molar-refractivity contribution < 1.29 is 18.7 Å². The number of ether oxygens (including phenoxy) is 2. The van der Waals surface area contributed by atoms with Crippen LogP contribution in [0.1, 0.15) is 30.9 Å². The molecule has 0 fully saturated rings. The first-order valence-electron chi connectivity index (χ1n) is 7.81. The Kier molecular flexibility index (Phi) is 6.40. The third kappa shape index (κ3) is 4.96.